The van der Waals surface area contributed by atoms with Crippen molar-refractivity contribution in [3.05, 3.63) is 48.5 Å². The normalized spacial score (nSPS) is 9.95. The van der Waals surface area contributed by atoms with Crippen molar-refractivity contribution < 1.29 is 4.79 Å². The highest BCUT2D eigenvalue weighted by molar-refractivity contribution is 7.98. The van der Waals surface area contributed by atoms with Crippen molar-refractivity contribution >= 4 is 34.9 Å². The Morgan fingerprint density at radius 2 is 1.42 bits per heavy atom. The molecule has 0 aromatic heterocycles. The van der Waals surface area contributed by atoms with Gasteiger partial charge in [0, 0.05) is 22.0 Å². The number of nitrogens with one attached hydrogen (secondary N) is 2. The minimum atomic E-state index is -0.276. The van der Waals surface area contributed by atoms with Crippen LogP contribution in [-0.2, 0) is 0 Å². The van der Waals surface area contributed by atoms with E-state index in [1.807, 2.05) is 30.5 Å². The second-order valence-corrected chi connectivity index (χ2v) is 4.81. The number of nitrogen functional groups attached to an aromatic ring is 1. The number of thioether (sulfide) groups is 1. The largest absolute Gasteiger partial charge is 0.399 e. The number of amides is 2. The first-order chi connectivity index (χ1) is 9.17. The third-order valence-corrected chi connectivity index (χ3v) is 3.26. The molecular weight excluding hydrogens is 258 g/mol. The highest BCUT2D eigenvalue weighted by Crippen LogP contribution is 2.18. The van der Waals surface area contributed by atoms with Crippen LogP contribution in [0, 0.1) is 0 Å². The molecule has 0 aliphatic carbocycles. The summed E-state index contributed by atoms with van der Waals surface area (Å²) in [5.41, 5.74) is 7.70. The fourth-order valence-electron chi connectivity index (χ4n) is 1.53. The second-order valence-electron chi connectivity index (χ2n) is 3.93. The molecule has 0 bridgehead atoms. The van der Waals surface area contributed by atoms with Gasteiger partial charge in [-0.25, -0.2) is 4.79 Å². The molecule has 0 atom stereocenters. The summed E-state index contributed by atoms with van der Waals surface area (Å²) in [5, 5.41) is 5.50. The van der Waals surface area contributed by atoms with Crippen LogP contribution in [0.25, 0.3) is 0 Å². The maximum atomic E-state index is 11.8. The van der Waals surface area contributed by atoms with Crippen LogP contribution in [0.1, 0.15) is 0 Å². The molecule has 0 aliphatic heterocycles. The van der Waals surface area contributed by atoms with E-state index in [1.165, 1.54) is 0 Å². The molecule has 0 aliphatic rings. The van der Waals surface area contributed by atoms with Crippen molar-refractivity contribution in [2.45, 2.75) is 4.90 Å². The van der Waals surface area contributed by atoms with E-state index >= 15 is 0 Å². The van der Waals surface area contributed by atoms with Crippen LogP contribution in [0.15, 0.2) is 53.4 Å². The Kier molecular flexibility index (Phi) is 4.30. The van der Waals surface area contributed by atoms with Crippen LogP contribution >= 0.6 is 11.8 Å². The summed E-state index contributed by atoms with van der Waals surface area (Å²) in [6.07, 6.45) is 2.01. The molecule has 2 rings (SSSR count). The van der Waals surface area contributed by atoms with Crippen molar-refractivity contribution in [1.82, 2.24) is 0 Å². The van der Waals surface area contributed by atoms with Crippen molar-refractivity contribution in [2.24, 2.45) is 0 Å². The quantitative estimate of drug-likeness (QED) is 0.591. The molecule has 4 N–H and O–H groups in total. The van der Waals surface area contributed by atoms with Crippen LogP contribution < -0.4 is 16.4 Å². The van der Waals surface area contributed by atoms with Gasteiger partial charge < -0.3 is 16.4 Å². The molecule has 19 heavy (non-hydrogen) atoms. The number of urea groups is 1. The number of anilines is 3. The van der Waals surface area contributed by atoms with Gasteiger partial charge >= 0.3 is 6.03 Å². The van der Waals surface area contributed by atoms with Gasteiger partial charge in [-0.05, 0) is 54.8 Å². The molecule has 2 aromatic carbocycles. The molecular formula is C14H15N3OS. The molecule has 2 amide bonds. The smallest absolute Gasteiger partial charge is 0.323 e. The van der Waals surface area contributed by atoms with Crippen LogP contribution in [-0.4, -0.2) is 12.3 Å². The van der Waals surface area contributed by atoms with Crippen molar-refractivity contribution in [1.29, 1.82) is 0 Å². The van der Waals surface area contributed by atoms with E-state index in [-0.39, 0.29) is 6.03 Å². The molecule has 4 nitrogen and oxygen atoms in total. The summed E-state index contributed by atoms with van der Waals surface area (Å²) >= 11 is 1.66. The molecule has 0 radical (unpaired) electrons. The molecule has 0 saturated heterocycles. The van der Waals surface area contributed by atoms with E-state index in [0.717, 1.165) is 10.6 Å². The number of hydrogen-bond acceptors (Lipinski definition) is 3. The molecule has 0 fully saturated rings. The van der Waals surface area contributed by atoms with Gasteiger partial charge in [-0.15, -0.1) is 11.8 Å². The molecule has 0 heterocycles. The highest BCUT2D eigenvalue weighted by atomic mass is 32.2. The summed E-state index contributed by atoms with van der Waals surface area (Å²) in [4.78, 5) is 12.9. The van der Waals surface area contributed by atoms with Crippen molar-refractivity contribution in [3.8, 4) is 0 Å². The van der Waals surface area contributed by atoms with E-state index in [9.17, 15) is 4.79 Å². The van der Waals surface area contributed by atoms with Gasteiger partial charge in [-0.2, -0.15) is 0 Å². The van der Waals surface area contributed by atoms with Crippen LogP contribution in [0.5, 0.6) is 0 Å². The third kappa shape index (κ3) is 3.93. The van der Waals surface area contributed by atoms with E-state index in [4.69, 9.17) is 5.73 Å². The maximum Gasteiger partial charge on any atom is 0.323 e. The SMILES string of the molecule is CSc1ccc(NC(=O)Nc2ccc(N)cc2)cc1. The van der Waals surface area contributed by atoms with Crippen LogP contribution in [0.2, 0.25) is 0 Å². The lowest BCUT2D eigenvalue weighted by molar-refractivity contribution is 0.262. The lowest BCUT2D eigenvalue weighted by atomic mass is 10.3. The van der Waals surface area contributed by atoms with Gasteiger partial charge in [-0.3, -0.25) is 0 Å². The summed E-state index contributed by atoms with van der Waals surface area (Å²) in [7, 11) is 0. The van der Waals surface area contributed by atoms with Crippen LogP contribution in [0.3, 0.4) is 0 Å². The van der Waals surface area contributed by atoms with Crippen molar-refractivity contribution in [3.63, 3.8) is 0 Å². The minimum Gasteiger partial charge on any atom is -0.399 e. The topological polar surface area (TPSA) is 67.2 Å². The Bertz CT molecular complexity index is 552. The van der Waals surface area contributed by atoms with Gasteiger partial charge in [0.25, 0.3) is 0 Å². The average Bonchev–Trinajstić information content (AvgIpc) is 2.42. The van der Waals surface area contributed by atoms with Gasteiger partial charge in [-0.1, -0.05) is 0 Å². The second kappa shape index (κ2) is 6.15. The predicted molar refractivity (Wildman–Crippen MR) is 81.7 cm³/mol. The zero-order valence-corrected chi connectivity index (χ0v) is 11.3. The first-order valence-electron chi connectivity index (χ1n) is 5.75. The first-order valence-corrected chi connectivity index (χ1v) is 6.97. The molecule has 98 valence electrons. The number of nitrogens with two attached hydrogens (primary N) is 1. The number of benzene rings is 2. The zero-order valence-electron chi connectivity index (χ0n) is 10.5. The number of carbonyl (C=O) groups excluding carboxylic acids is 1. The summed E-state index contributed by atoms with van der Waals surface area (Å²) < 4.78 is 0. The molecule has 0 unspecified atom stereocenters. The molecule has 2 aromatic rings. The Hall–Kier alpha value is -2.14. The van der Waals surface area contributed by atoms with E-state index in [2.05, 4.69) is 10.6 Å². The van der Waals surface area contributed by atoms with Gasteiger partial charge in [0.2, 0.25) is 0 Å². The Labute approximate surface area is 116 Å². The Morgan fingerprint density at radius 1 is 0.947 bits per heavy atom. The van der Waals surface area contributed by atoms with Crippen molar-refractivity contribution in [2.75, 3.05) is 22.6 Å². The maximum absolute atomic E-state index is 11.8. The van der Waals surface area contributed by atoms with E-state index in [1.54, 1.807) is 36.0 Å². The van der Waals surface area contributed by atoms with Gasteiger partial charge in [0.15, 0.2) is 0 Å². The molecule has 0 saturated carbocycles. The predicted octanol–water partition coefficient (Wildman–Crippen LogP) is 3.63. The number of rotatable bonds is 3. The van der Waals surface area contributed by atoms with E-state index < -0.39 is 0 Å². The lowest BCUT2D eigenvalue weighted by Gasteiger charge is -2.08. The summed E-state index contributed by atoms with van der Waals surface area (Å²) in [5.74, 6) is 0. The summed E-state index contributed by atoms with van der Waals surface area (Å²) in [6.45, 7) is 0. The molecule has 0 spiro atoms. The fraction of sp³-hybridized carbons (Fsp3) is 0.0714. The number of hydrogen-bond donors (Lipinski definition) is 3. The van der Waals surface area contributed by atoms with E-state index in [0.29, 0.717) is 11.4 Å². The standard InChI is InChI=1S/C14H15N3OS/c1-19-13-8-6-12(7-9-13)17-14(18)16-11-4-2-10(15)3-5-11/h2-9H,15H2,1H3,(H2,16,17,18). The Morgan fingerprint density at radius 3 is 1.89 bits per heavy atom. The minimum absolute atomic E-state index is 0.276. The first kappa shape index (κ1) is 13.3. The monoisotopic (exact) mass is 273 g/mol. The molecule has 5 heteroatoms. The highest BCUT2D eigenvalue weighted by Gasteiger charge is 2.02. The lowest BCUT2D eigenvalue weighted by Crippen LogP contribution is -2.19. The number of carbonyl (C=O) groups is 1. The Balaban J connectivity index is 1.95. The van der Waals surface area contributed by atoms with Gasteiger partial charge in [0.1, 0.15) is 0 Å². The van der Waals surface area contributed by atoms with Gasteiger partial charge in [0.05, 0.1) is 0 Å². The summed E-state index contributed by atoms with van der Waals surface area (Å²) in [6, 6.07) is 14.4. The van der Waals surface area contributed by atoms with Crippen LogP contribution in [0.4, 0.5) is 21.9 Å². The average molecular weight is 273 g/mol. The zero-order chi connectivity index (χ0) is 13.7. The fourth-order valence-corrected chi connectivity index (χ4v) is 1.94. The third-order valence-electron chi connectivity index (χ3n) is 2.52.